The van der Waals surface area contributed by atoms with Gasteiger partial charge in [-0.15, -0.1) is 0 Å². The Kier molecular flexibility index (Phi) is 4.60. The molecule has 1 unspecified atom stereocenters. The average Bonchev–Trinajstić information content (AvgIpc) is 2.62. The highest BCUT2D eigenvalue weighted by atomic mass is 79.9. The summed E-state index contributed by atoms with van der Waals surface area (Å²) < 4.78 is 16.2. The molecule has 1 aromatic heterocycles. The third kappa shape index (κ3) is 2.94. The molecule has 1 N–H and O–H groups in total. The van der Waals surface area contributed by atoms with Crippen molar-refractivity contribution in [2.45, 2.75) is 26.3 Å². The molecule has 0 saturated heterocycles. The van der Waals surface area contributed by atoms with Gasteiger partial charge in [0.25, 0.3) is 0 Å². The van der Waals surface area contributed by atoms with Gasteiger partial charge in [0, 0.05) is 19.5 Å². The van der Waals surface area contributed by atoms with E-state index in [9.17, 15) is 4.39 Å². The second kappa shape index (κ2) is 6.06. The van der Waals surface area contributed by atoms with Gasteiger partial charge < -0.3 is 5.32 Å². The van der Waals surface area contributed by atoms with Crippen molar-refractivity contribution >= 4 is 15.9 Å². The van der Waals surface area contributed by atoms with Crippen LogP contribution in [0.25, 0.3) is 0 Å². The van der Waals surface area contributed by atoms with Crippen LogP contribution in [0.3, 0.4) is 0 Å². The minimum atomic E-state index is -0.196. The highest BCUT2D eigenvalue weighted by Crippen LogP contribution is 2.27. The van der Waals surface area contributed by atoms with Crippen molar-refractivity contribution in [3.8, 4) is 0 Å². The van der Waals surface area contributed by atoms with E-state index in [4.69, 9.17) is 0 Å². The highest BCUT2D eigenvalue weighted by molar-refractivity contribution is 9.10. The Bertz CT molecular complexity index is 622. The zero-order valence-corrected chi connectivity index (χ0v) is 13.8. The fourth-order valence-corrected chi connectivity index (χ4v) is 2.99. The molecule has 0 saturated carbocycles. The third-order valence-corrected chi connectivity index (χ3v) is 4.65. The number of benzene rings is 1. The van der Waals surface area contributed by atoms with Crippen LogP contribution in [0.4, 0.5) is 4.39 Å². The molecule has 2 aromatic rings. The van der Waals surface area contributed by atoms with Crippen LogP contribution in [-0.4, -0.2) is 16.8 Å². The number of likely N-dealkylation sites (N-methyl/N-ethyl adjacent to an activating group) is 1. The SMILES string of the molecule is CNC(Cc1c(Br)c(C)nn1C)c1ccc(F)cc1C. The van der Waals surface area contributed by atoms with Gasteiger partial charge in [0.05, 0.1) is 15.9 Å². The number of nitrogens with zero attached hydrogens (tertiary/aromatic N) is 2. The van der Waals surface area contributed by atoms with Crippen molar-refractivity contribution in [2.75, 3.05) is 7.05 Å². The average molecular weight is 340 g/mol. The van der Waals surface area contributed by atoms with Gasteiger partial charge in [0.1, 0.15) is 5.82 Å². The molecule has 1 heterocycles. The molecule has 108 valence electrons. The fraction of sp³-hybridized carbons (Fsp3) is 0.400. The number of aromatic nitrogens is 2. The maximum Gasteiger partial charge on any atom is 0.123 e. The van der Waals surface area contributed by atoms with Crippen molar-refractivity contribution in [1.29, 1.82) is 0 Å². The lowest BCUT2D eigenvalue weighted by molar-refractivity contribution is 0.554. The molecule has 2 rings (SSSR count). The molecular formula is C15H19BrFN3. The summed E-state index contributed by atoms with van der Waals surface area (Å²) in [5, 5.41) is 7.72. The van der Waals surface area contributed by atoms with E-state index in [0.29, 0.717) is 0 Å². The summed E-state index contributed by atoms with van der Waals surface area (Å²) in [5.74, 6) is -0.196. The van der Waals surface area contributed by atoms with E-state index in [1.807, 2.05) is 38.7 Å². The van der Waals surface area contributed by atoms with Gasteiger partial charge in [-0.2, -0.15) is 5.10 Å². The third-order valence-electron chi connectivity index (χ3n) is 3.61. The van der Waals surface area contributed by atoms with Crippen LogP contribution < -0.4 is 5.32 Å². The van der Waals surface area contributed by atoms with Crippen LogP contribution in [0.2, 0.25) is 0 Å². The van der Waals surface area contributed by atoms with Crippen molar-refractivity contribution in [1.82, 2.24) is 15.1 Å². The van der Waals surface area contributed by atoms with Gasteiger partial charge in [0.15, 0.2) is 0 Å². The maximum atomic E-state index is 13.2. The Balaban J connectivity index is 2.33. The molecule has 0 amide bonds. The number of nitrogens with one attached hydrogen (secondary N) is 1. The second-order valence-electron chi connectivity index (χ2n) is 5.02. The first-order valence-electron chi connectivity index (χ1n) is 6.55. The molecule has 1 atom stereocenters. The molecule has 0 aliphatic rings. The molecule has 0 aliphatic heterocycles. The number of aryl methyl sites for hydroxylation is 3. The van der Waals surface area contributed by atoms with Crippen LogP contribution in [0.5, 0.6) is 0 Å². The van der Waals surface area contributed by atoms with Crippen LogP contribution in [0, 0.1) is 19.7 Å². The summed E-state index contributed by atoms with van der Waals surface area (Å²) in [6, 6.07) is 5.06. The molecule has 5 heteroatoms. The van der Waals surface area contributed by atoms with E-state index in [-0.39, 0.29) is 11.9 Å². The van der Waals surface area contributed by atoms with E-state index < -0.39 is 0 Å². The normalized spacial score (nSPS) is 12.7. The Morgan fingerprint density at radius 2 is 2.10 bits per heavy atom. The molecule has 0 bridgehead atoms. The van der Waals surface area contributed by atoms with Crippen molar-refractivity contribution in [3.05, 3.63) is 51.0 Å². The predicted molar refractivity (Wildman–Crippen MR) is 82.3 cm³/mol. The minimum Gasteiger partial charge on any atom is -0.313 e. The predicted octanol–water partition coefficient (Wildman–Crippen LogP) is 3.44. The van der Waals surface area contributed by atoms with Gasteiger partial charge in [-0.05, 0) is 60.1 Å². The quantitative estimate of drug-likeness (QED) is 0.924. The van der Waals surface area contributed by atoms with Crippen LogP contribution in [0.1, 0.15) is 28.6 Å². The lowest BCUT2D eigenvalue weighted by Gasteiger charge is -2.19. The molecule has 0 fully saturated rings. The smallest absolute Gasteiger partial charge is 0.123 e. The molecular weight excluding hydrogens is 321 g/mol. The van der Waals surface area contributed by atoms with Gasteiger partial charge in [-0.3, -0.25) is 4.68 Å². The molecule has 0 spiro atoms. The number of halogens is 2. The van der Waals surface area contributed by atoms with Crippen molar-refractivity contribution in [2.24, 2.45) is 7.05 Å². The highest BCUT2D eigenvalue weighted by Gasteiger charge is 2.18. The Labute approximate surface area is 127 Å². The Hall–Kier alpha value is -1.20. The molecule has 1 aromatic carbocycles. The number of hydrogen-bond donors (Lipinski definition) is 1. The first-order chi connectivity index (χ1) is 9.43. The van der Waals surface area contributed by atoms with Crippen LogP contribution in [0.15, 0.2) is 22.7 Å². The van der Waals surface area contributed by atoms with Crippen molar-refractivity contribution < 1.29 is 4.39 Å². The number of hydrogen-bond acceptors (Lipinski definition) is 2. The Morgan fingerprint density at radius 1 is 1.40 bits per heavy atom. The van der Waals surface area contributed by atoms with E-state index in [1.165, 1.54) is 6.07 Å². The van der Waals surface area contributed by atoms with Crippen molar-refractivity contribution in [3.63, 3.8) is 0 Å². The topological polar surface area (TPSA) is 29.9 Å². The largest absolute Gasteiger partial charge is 0.313 e. The standard InChI is InChI=1S/C15H19BrFN3/c1-9-7-11(17)5-6-12(9)13(18-3)8-14-15(16)10(2)19-20(14)4/h5-7,13,18H,8H2,1-4H3. The summed E-state index contributed by atoms with van der Waals surface area (Å²) >= 11 is 3.59. The van der Waals surface area contributed by atoms with Gasteiger partial charge in [-0.25, -0.2) is 4.39 Å². The number of rotatable bonds is 4. The summed E-state index contributed by atoms with van der Waals surface area (Å²) in [4.78, 5) is 0. The lowest BCUT2D eigenvalue weighted by Crippen LogP contribution is -2.21. The van der Waals surface area contributed by atoms with Crippen LogP contribution in [-0.2, 0) is 13.5 Å². The van der Waals surface area contributed by atoms with Gasteiger partial charge in [0.2, 0.25) is 0 Å². The lowest BCUT2D eigenvalue weighted by atomic mass is 9.97. The zero-order chi connectivity index (χ0) is 14.9. The first-order valence-corrected chi connectivity index (χ1v) is 7.34. The van der Waals surface area contributed by atoms with Gasteiger partial charge >= 0.3 is 0 Å². The minimum absolute atomic E-state index is 0.127. The van der Waals surface area contributed by atoms with E-state index in [1.54, 1.807) is 6.07 Å². The first kappa shape index (κ1) is 15.2. The molecule has 20 heavy (non-hydrogen) atoms. The maximum absolute atomic E-state index is 13.2. The zero-order valence-electron chi connectivity index (χ0n) is 12.2. The summed E-state index contributed by atoms with van der Waals surface area (Å²) in [7, 11) is 3.86. The van der Waals surface area contributed by atoms with Crippen LogP contribution >= 0.6 is 15.9 Å². The molecule has 0 radical (unpaired) electrons. The Morgan fingerprint density at radius 3 is 2.60 bits per heavy atom. The molecule has 0 aliphatic carbocycles. The van der Waals surface area contributed by atoms with Gasteiger partial charge in [-0.1, -0.05) is 6.07 Å². The molecule has 3 nitrogen and oxygen atoms in total. The summed E-state index contributed by atoms with van der Waals surface area (Å²) in [5.41, 5.74) is 4.18. The fourth-order valence-electron chi connectivity index (χ4n) is 2.49. The van der Waals surface area contributed by atoms with E-state index >= 15 is 0 Å². The van der Waals surface area contributed by atoms with E-state index in [2.05, 4.69) is 26.3 Å². The summed E-state index contributed by atoms with van der Waals surface area (Å²) in [6.07, 6.45) is 0.793. The summed E-state index contributed by atoms with van der Waals surface area (Å²) in [6.45, 7) is 3.91. The monoisotopic (exact) mass is 339 g/mol. The van der Waals surface area contributed by atoms with E-state index in [0.717, 1.165) is 33.4 Å². The second-order valence-corrected chi connectivity index (χ2v) is 5.81.